The number of thioether (sulfide) groups is 2. The molecule has 0 aromatic carbocycles. The second kappa shape index (κ2) is 7.77. The van der Waals surface area contributed by atoms with E-state index in [-0.39, 0.29) is 24.7 Å². The van der Waals surface area contributed by atoms with Gasteiger partial charge in [-0.25, -0.2) is 0 Å². The summed E-state index contributed by atoms with van der Waals surface area (Å²) in [5.74, 6) is 1.45. The molecule has 0 radical (unpaired) electrons. The van der Waals surface area contributed by atoms with Crippen molar-refractivity contribution in [3.8, 4) is 0 Å². The first-order valence-electron chi connectivity index (χ1n) is 4.81. The van der Waals surface area contributed by atoms with Crippen molar-refractivity contribution in [2.24, 2.45) is 0 Å². The van der Waals surface area contributed by atoms with E-state index in [0.29, 0.717) is 0 Å². The fourth-order valence-electron chi connectivity index (χ4n) is 0.980. The number of carbonyl (C=O) groups is 2. The summed E-state index contributed by atoms with van der Waals surface area (Å²) in [6, 6.07) is 4.11. The summed E-state index contributed by atoms with van der Waals surface area (Å²) >= 11 is 2.82. The van der Waals surface area contributed by atoms with Gasteiger partial charge in [-0.05, 0) is 0 Å². The molecule has 0 aliphatic carbocycles. The molecule has 2 nitrogen and oxygen atoms in total. The van der Waals surface area contributed by atoms with E-state index in [4.69, 9.17) is 0 Å². The molecule has 1 aromatic rings. The van der Waals surface area contributed by atoms with Gasteiger partial charge < -0.3 is 0 Å². The molecule has 17 heavy (non-hydrogen) atoms. The van der Waals surface area contributed by atoms with Crippen LogP contribution in [0.5, 0.6) is 0 Å². The molecule has 0 unspecified atom stereocenters. The van der Waals surface area contributed by atoms with Crippen LogP contribution in [-0.2, 0) is 21.1 Å². The van der Waals surface area contributed by atoms with Crippen LogP contribution in [0.1, 0.15) is 8.87 Å². The van der Waals surface area contributed by atoms with Crippen molar-refractivity contribution in [1.82, 2.24) is 0 Å². The van der Waals surface area contributed by atoms with Gasteiger partial charge in [0.15, 0.2) is 0 Å². The van der Waals surface area contributed by atoms with Crippen molar-refractivity contribution in [1.29, 1.82) is 0 Å². The second-order valence-corrected chi connectivity index (χ2v) is 7.58. The van der Waals surface area contributed by atoms with Gasteiger partial charge in [0.1, 0.15) is 0 Å². The summed E-state index contributed by atoms with van der Waals surface area (Å²) < 4.78 is 2.55. The topological polar surface area (TPSA) is 34.1 Å². The van der Waals surface area contributed by atoms with Crippen LogP contribution in [0.4, 0.5) is 0 Å². The SMILES string of the molecule is C=CC(=O)SCc1ccc(CSC(=O)C=C)[se]1. The fraction of sp³-hybridized carbons (Fsp3) is 0.167. The number of rotatable bonds is 6. The first kappa shape index (κ1) is 14.6. The van der Waals surface area contributed by atoms with E-state index in [1.807, 2.05) is 0 Å². The van der Waals surface area contributed by atoms with E-state index in [0.717, 1.165) is 11.5 Å². The molecular weight excluding hydrogens is 319 g/mol. The van der Waals surface area contributed by atoms with Crippen molar-refractivity contribution < 1.29 is 9.59 Å². The standard InChI is InChI=1S/C12H12O2S2Se/c1-3-11(13)15-7-9-5-6-10(17-9)8-16-12(14)4-2/h3-6H,1-2,7-8H2. The van der Waals surface area contributed by atoms with Crippen molar-refractivity contribution in [2.75, 3.05) is 0 Å². The van der Waals surface area contributed by atoms with Gasteiger partial charge in [0.05, 0.1) is 0 Å². The third-order valence-electron chi connectivity index (χ3n) is 1.76. The van der Waals surface area contributed by atoms with Crippen LogP contribution >= 0.6 is 23.5 Å². The molecule has 0 aliphatic heterocycles. The Hall–Kier alpha value is -0.481. The van der Waals surface area contributed by atoms with E-state index in [1.165, 1.54) is 44.6 Å². The molecule has 0 aliphatic rings. The van der Waals surface area contributed by atoms with Crippen molar-refractivity contribution >= 4 is 48.3 Å². The summed E-state index contributed by atoms with van der Waals surface area (Å²) in [6.45, 7) is 6.86. The van der Waals surface area contributed by atoms with Crippen LogP contribution in [0.3, 0.4) is 0 Å². The van der Waals surface area contributed by atoms with Crippen LogP contribution in [0.2, 0.25) is 0 Å². The minimum absolute atomic E-state index is 0.00589. The third-order valence-corrected chi connectivity index (χ3v) is 6.68. The molecule has 0 spiro atoms. The Bertz CT molecular complexity index is 399. The van der Waals surface area contributed by atoms with Crippen LogP contribution in [0, 0.1) is 0 Å². The van der Waals surface area contributed by atoms with E-state index in [2.05, 4.69) is 25.3 Å². The molecule has 0 saturated carbocycles. The maximum absolute atomic E-state index is 11.1. The normalized spacial score (nSPS) is 9.88. The van der Waals surface area contributed by atoms with Crippen LogP contribution < -0.4 is 0 Å². The number of hydrogen-bond donors (Lipinski definition) is 0. The van der Waals surface area contributed by atoms with Gasteiger partial charge >= 0.3 is 116 Å². The zero-order valence-electron chi connectivity index (χ0n) is 9.18. The van der Waals surface area contributed by atoms with Crippen LogP contribution in [0.15, 0.2) is 37.4 Å². The predicted molar refractivity (Wildman–Crippen MR) is 76.4 cm³/mol. The van der Waals surface area contributed by atoms with E-state index in [1.54, 1.807) is 0 Å². The Balaban J connectivity index is 2.42. The summed E-state index contributed by atoms with van der Waals surface area (Å²) in [6.07, 6.45) is 2.67. The molecule has 5 heteroatoms. The van der Waals surface area contributed by atoms with Gasteiger partial charge in [0, 0.05) is 0 Å². The monoisotopic (exact) mass is 332 g/mol. The molecule has 0 atom stereocenters. The average Bonchev–Trinajstić information content (AvgIpc) is 2.80. The van der Waals surface area contributed by atoms with Gasteiger partial charge in [-0.15, -0.1) is 0 Å². The van der Waals surface area contributed by atoms with Gasteiger partial charge in [0.25, 0.3) is 0 Å². The Morgan fingerprint density at radius 3 is 1.82 bits per heavy atom. The van der Waals surface area contributed by atoms with E-state index < -0.39 is 0 Å². The average molecular weight is 331 g/mol. The quantitative estimate of drug-likeness (QED) is 0.593. The summed E-state index contributed by atoms with van der Waals surface area (Å²) in [5, 5.41) is 0.0118. The second-order valence-electron chi connectivity index (χ2n) is 2.99. The molecule has 1 heterocycles. The van der Waals surface area contributed by atoms with E-state index >= 15 is 0 Å². The fourth-order valence-corrected chi connectivity index (χ4v) is 4.86. The summed E-state index contributed by atoms with van der Waals surface area (Å²) in [4.78, 5) is 22.1. The molecule has 1 rings (SSSR count). The number of hydrogen-bond acceptors (Lipinski definition) is 4. The third kappa shape index (κ3) is 5.59. The molecule has 0 saturated heterocycles. The first-order valence-corrected chi connectivity index (χ1v) is 8.50. The Morgan fingerprint density at radius 2 is 1.47 bits per heavy atom. The molecule has 0 fully saturated rings. The predicted octanol–water partition coefficient (Wildman–Crippen LogP) is 2.64. The van der Waals surface area contributed by atoms with E-state index in [9.17, 15) is 9.59 Å². The van der Waals surface area contributed by atoms with Crippen LogP contribution in [0.25, 0.3) is 0 Å². The molecule has 1 aromatic heterocycles. The van der Waals surface area contributed by atoms with Gasteiger partial charge in [0.2, 0.25) is 0 Å². The van der Waals surface area contributed by atoms with Crippen LogP contribution in [-0.4, -0.2) is 24.7 Å². The molecular formula is C12H12O2S2Se. The Morgan fingerprint density at radius 1 is 1.06 bits per heavy atom. The molecule has 0 bridgehead atoms. The number of carbonyl (C=O) groups excluding carboxylic acids is 2. The zero-order valence-corrected chi connectivity index (χ0v) is 12.5. The molecule has 90 valence electrons. The van der Waals surface area contributed by atoms with Crippen molar-refractivity contribution in [3.63, 3.8) is 0 Å². The van der Waals surface area contributed by atoms with Gasteiger partial charge in [-0.2, -0.15) is 0 Å². The van der Waals surface area contributed by atoms with Gasteiger partial charge in [-0.3, -0.25) is 0 Å². The van der Waals surface area contributed by atoms with Crippen molar-refractivity contribution in [2.45, 2.75) is 11.5 Å². The molecule has 0 N–H and O–H groups in total. The van der Waals surface area contributed by atoms with Gasteiger partial charge in [-0.1, -0.05) is 0 Å². The first-order chi connectivity index (χ1) is 8.15. The molecule has 0 amide bonds. The summed E-state index contributed by atoms with van der Waals surface area (Å²) in [5.41, 5.74) is 0. The summed E-state index contributed by atoms with van der Waals surface area (Å²) in [7, 11) is 0. The Labute approximate surface area is 115 Å². The zero-order chi connectivity index (χ0) is 12.7. The minimum atomic E-state index is 0.00589. The Kier molecular flexibility index (Phi) is 6.66. The van der Waals surface area contributed by atoms with Crippen molar-refractivity contribution in [3.05, 3.63) is 46.3 Å². The maximum atomic E-state index is 11.1.